The summed E-state index contributed by atoms with van der Waals surface area (Å²) >= 11 is 0. The van der Waals surface area contributed by atoms with E-state index in [0.29, 0.717) is 17.5 Å². The molecule has 0 saturated carbocycles. The third-order valence-electron chi connectivity index (χ3n) is 4.00. The fourth-order valence-electron chi connectivity index (χ4n) is 2.90. The molecule has 0 aromatic heterocycles. The van der Waals surface area contributed by atoms with Gasteiger partial charge in [0.2, 0.25) is 0 Å². The van der Waals surface area contributed by atoms with Gasteiger partial charge in [-0.05, 0) is 19.1 Å². The second kappa shape index (κ2) is 5.22. The van der Waals surface area contributed by atoms with E-state index in [4.69, 9.17) is 4.74 Å². The van der Waals surface area contributed by atoms with Crippen molar-refractivity contribution in [1.82, 2.24) is 4.90 Å². The number of hydrogen-bond acceptors (Lipinski definition) is 5. The van der Waals surface area contributed by atoms with Crippen molar-refractivity contribution in [2.75, 3.05) is 6.54 Å². The first kappa shape index (κ1) is 14.2. The van der Waals surface area contributed by atoms with Crippen LogP contribution in [0.25, 0.3) is 0 Å². The summed E-state index contributed by atoms with van der Waals surface area (Å²) < 4.78 is 5.57. The quantitative estimate of drug-likeness (QED) is 0.759. The smallest absolute Gasteiger partial charge is 0.261 e. The van der Waals surface area contributed by atoms with Gasteiger partial charge in [0.1, 0.15) is 12.2 Å². The van der Waals surface area contributed by atoms with Crippen molar-refractivity contribution >= 4 is 11.8 Å². The van der Waals surface area contributed by atoms with Crippen LogP contribution in [0.1, 0.15) is 34.1 Å². The van der Waals surface area contributed by atoms with Crippen LogP contribution in [0.15, 0.2) is 24.3 Å². The van der Waals surface area contributed by atoms with E-state index in [2.05, 4.69) is 0 Å². The highest BCUT2D eigenvalue weighted by molar-refractivity contribution is 6.21. The third-order valence-corrected chi connectivity index (χ3v) is 4.00. The van der Waals surface area contributed by atoms with Gasteiger partial charge < -0.3 is 14.9 Å². The molecule has 0 radical (unpaired) electrons. The van der Waals surface area contributed by atoms with Crippen LogP contribution in [-0.2, 0) is 4.74 Å². The van der Waals surface area contributed by atoms with Crippen LogP contribution < -0.4 is 0 Å². The number of aliphatic hydroxyl groups is 2. The van der Waals surface area contributed by atoms with Gasteiger partial charge in [-0.3, -0.25) is 14.5 Å². The van der Waals surface area contributed by atoms with Crippen LogP contribution in [0.4, 0.5) is 0 Å². The topological polar surface area (TPSA) is 87.1 Å². The normalized spacial score (nSPS) is 32.4. The number of carbonyl (C=O) groups is 2. The predicted octanol–water partition coefficient (Wildman–Crippen LogP) is 0.182. The molecule has 1 fully saturated rings. The lowest BCUT2D eigenvalue weighted by atomic mass is 9.98. The zero-order chi connectivity index (χ0) is 15.1. The maximum absolute atomic E-state index is 12.3. The van der Waals surface area contributed by atoms with E-state index in [0.717, 1.165) is 4.90 Å². The maximum atomic E-state index is 12.3. The Hall–Kier alpha value is -1.76. The second-order valence-electron chi connectivity index (χ2n) is 5.55. The molecular weight excluding hydrogens is 274 g/mol. The van der Waals surface area contributed by atoms with E-state index < -0.39 is 18.3 Å². The van der Waals surface area contributed by atoms with Gasteiger partial charge in [0.25, 0.3) is 11.8 Å². The molecule has 2 heterocycles. The number of benzene rings is 1. The molecular formula is C15H17NO5. The molecule has 1 aromatic carbocycles. The van der Waals surface area contributed by atoms with Crippen molar-refractivity contribution in [3.63, 3.8) is 0 Å². The molecule has 2 N–H and O–H groups in total. The highest BCUT2D eigenvalue weighted by atomic mass is 16.5. The molecule has 4 atom stereocenters. The van der Waals surface area contributed by atoms with Crippen molar-refractivity contribution in [3.8, 4) is 0 Å². The van der Waals surface area contributed by atoms with Gasteiger partial charge in [0, 0.05) is 6.42 Å². The molecule has 112 valence electrons. The Bertz CT molecular complexity index is 552. The van der Waals surface area contributed by atoms with Crippen LogP contribution in [0, 0.1) is 0 Å². The molecule has 0 aliphatic carbocycles. The summed E-state index contributed by atoms with van der Waals surface area (Å²) in [6, 6.07) is 6.60. The lowest BCUT2D eigenvalue weighted by Crippen LogP contribution is -2.53. The van der Waals surface area contributed by atoms with Crippen LogP contribution in [-0.4, -0.2) is 57.9 Å². The van der Waals surface area contributed by atoms with Crippen molar-refractivity contribution in [2.45, 2.75) is 37.8 Å². The standard InChI is InChI=1S/C15H17NO5/c1-8-6-11(17)13(18)12(21-8)7-16-14(19)9-4-2-3-5-10(9)15(16)20/h2-5,8,11-13,17-18H,6-7H2,1H3/t8-,11-,12+,13-/m1/s1. The summed E-state index contributed by atoms with van der Waals surface area (Å²) in [4.78, 5) is 25.6. The third kappa shape index (κ3) is 2.35. The Morgan fingerprint density at radius 3 is 2.33 bits per heavy atom. The Morgan fingerprint density at radius 2 is 1.76 bits per heavy atom. The van der Waals surface area contributed by atoms with Crippen LogP contribution in [0.3, 0.4) is 0 Å². The SMILES string of the molecule is C[C@@H]1C[C@@H](O)[C@@H](O)[C@H](CN2C(=O)c3ccccc3C2=O)O1. The predicted molar refractivity (Wildman–Crippen MR) is 72.8 cm³/mol. The van der Waals surface area contributed by atoms with E-state index in [9.17, 15) is 19.8 Å². The number of aliphatic hydroxyl groups excluding tert-OH is 2. The molecule has 2 aliphatic rings. The van der Waals surface area contributed by atoms with E-state index >= 15 is 0 Å². The first-order valence-corrected chi connectivity index (χ1v) is 6.96. The molecule has 0 spiro atoms. The highest BCUT2D eigenvalue weighted by Gasteiger charge is 2.41. The van der Waals surface area contributed by atoms with E-state index in [1.54, 1.807) is 31.2 Å². The van der Waals surface area contributed by atoms with Gasteiger partial charge in [-0.1, -0.05) is 12.1 Å². The summed E-state index contributed by atoms with van der Waals surface area (Å²) in [5.41, 5.74) is 0.725. The number of amides is 2. The van der Waals surface area contributed by atoms with Crippen molar-refractivity contribution in [2.24, 2.45) is 0 Å². The number of nitrogens with zero attached hydrogens (tertiary/aromatic N) is 1. The average molecular weight is 291 g/mol. The average Bonchev–Trinajstić information content (AvgIpc) is 2.70. The minimum absolute atomic E-state index is 0.0606. The number of hydrogen-bond donors (Lipinski definition) is 2. The Balaban J connectivity index is 1.80. The lowest BCUT2D eigenvalue weighted by Gasteiger charge is -2.37. The summed E-state index contributed by atoms with van der Waals surface area (Å²) in [6.45, 7) is 1.72. The van der Waals surface area contributed by atoms with Gasteiger partial charge in [-0.25, -0.2) is 0 Å². The van der Waals surface area contributed by atoms with Crippen LogP contribution >= 0.6 is 0 Å². The van der Waals surface area contributed by atoms with Gasteiger partial charge in [-0.15, -0.1) is 0 Å². The highest BCUT2D eigenvalue weighted by Crippen LogP contribution is 2.26. The molecule has 6 heteroatoms. The van der Waals surface area contributed by atoms with Gasteiger partial charge in [0.15, 0.2) is 0 Å². The number of fused-ring (bicyclic) bond motifs is 1. The van der Waals surface area contributed by atoms with E-state index in [1.807, 2.05) is 0 Å². The summed E-state index contributed by atoms with van der Waals surface area (Å²) in [7, 11) is 0. The van der Waals surface area contributed by atoms with Crippen LogP contribution in [0.2, 0.25) is 0 Å². The van der Waals surface area contributed by atoms with E-state index in [-0.39, 0.29) is 24.5 Å². The van der Waals surface area contributed by atoms with Gasteiger partial charge in [-0.2, -0.15) is 0 Å². The second-order valence-corrected chi connectivity index (χ2v) is 5.55. The van der Waals surface area contributed by atoms with E-state index in [1.165, 1.54) is 0 Å². The molecule has 2 aliphatic heterocycles. The summed E-state index contributed by atoms with van der Waals surface area (Å²) in [5, 5.41) is 19.8. The molecule has 1 aromatic rings. The minimum atomic E-state index is -1.11. The molecule has 0 unspecified atom stereocenters. The lowest BCUT2D eigenvalue weighted by molar-refractivity contribution is -0.165. The van der Waals surface area contributed by atoms with Gasteiger partial charge in [0.05, 0.1) is 29.9 Å². The first-order valence-electron chi connectivity index (χ1n) is 6.96. The minimum Gasteiger partial charge on any atom is -0.390 e. The maximum Gasteiger partial charge on any atom is 0.261 e. The number of ether oxygens (including phenoxy) is 1. The summed E-state index contributed by atoms with van der Waals surface area (Å²) in [6.07, 6.45) is -2.69. The number of rotatable bonds is 2. The van der Waals surface area contributed by atoms with Crippen LogP contribution in [0.5, 0.6) is 0 Å². The largest absolute Gasteiger partial charge is 0.390 e. The molecule has 21 heavy (non-hydrogen) atoms. The number of carbonyl (C=O) groups excluding carboxylic acids is 2. The van der Waals surface area contributed by atoms with Gasteiger partial charge >= 0.3 is 0 Å². The Morgan fingerprint density at radius 1 is 1.19 bits per heavy atom. The zero-order valence-electron chi connectivity index (χ0n) is 11.6. The Labute approximate surface area is 121 Å². The monoisotopic (exact) mass is 291 g/mol. The fraction of sp³-hybridized carbons (Fsp3) is 0.467. The first-order chi connectivity index (χ1) is 9.99. The molecule has 1 saturated heterocycles. The molecule has 3 rings (SSSR count). The number of imide groups is 1. The van der Waals surface area contributed by atoms with Crippen molar-refractivity contribution in [1.29, 1.82) is 0 Å². The van der Waals surface area contributed by atoms with Crippen molar-refractivity contribution in [3.05, 3.63) is 35.4 Å². The zero-order valence-corrected chi connectivity index (χ0v) is 11.6. The molecule has 2 amide bonds. The molecule has 6 nitrogen and oxygen atoms in total. The fourth-order valence-corrected chi connectivity index (χ4v) is 2.90. The Kier molecular flexibility index (Phi) is 3.52. The molecule has 0 bridgehead atoms. The van der Waals surface area contributed by atoms with Crippen molar-refractivity contribution < 1.29 is 24.5 Å². The summed E-state index contributed by atoms with van der Waals surface area (Å²) in [5.74, 6) is -0.779.